The number of ether oxygens (including phenoxy) is 2. The number of rotatable bonds is 5. The zero-order valence-electron chi connectivity index (χ0n) is 14.3. The molecule has 0 bridgehead atoms. The molecule has 3 rings (SSSR count). The molecule has 5 nitrogen and oxygen atoms in total. The second kappa shape index (κ2) is 7.74. The normalized spacial score (nSPS) is 10.9. The fraction of sp³-hybridized carbons (Fsp3) is 0.200. The van der Waals surface area contributed by atoms with Gasteiger partial charge in [-0.2, -0.15) is 0 Å². The van der Waals surface area contributed by atoms with Crippen LogP contribution in [-0.2, 0) is 9.53 Å². The number of fused-ring (bicyclic) bond motifs is 1. The second-order valence-electron chi connectivity index (χ2n) is 5.97. The zero-order valence-corrected chi connectivity index (χ0v) is 15.9. The van der Waals surface area contributed by atoms with Crippen molar-refractivity contribution in [2.24, 2.45) is 0 Å². The van der Waals surface area contributed by atoms with Gasteiger partial charge in [0, 0.05) is 10.5 Å². The Morgan fingerprint density at radius 1 is 1.15 bits per heavy atom. The van der Waals surface area contributed by atoms with Crippen molar-refractivity contribution < 1.29 is 18.7 Å². The van der Waals surface area contributed by atoms with Crippen LogP contribution in [0.3, 0.4) is 0 Å². The summed E-state index contributed by atoms with van der Waals surface area (Å²) in [7, 11) is 0. The maximum atomic E-state index is 12.7. The number of hydrogen-bond donors (Lipinski definition) is 0. The van der Waals surface area contributed by atoms with E-state index in [2.05, 4.69) is 15.9 Å². The number of esters is 1. The van der Waals surface area contributed by atoms with Gasteiger partial charge in [-0.1, -0.05) is 28.1 Å². The van der Waals surface area contributed by atoms with Gasteiger partial charge in [0.15, 0.2) is 12.0 Å². The summed E-state index contributed by atoms with van der Waals surface area (Å²) in [5.74, 6) is -0.0233. The number of carbonyl (C=O) groups excluding carboxylic acids is 1. The molecule has 3 aromatic rings. The highest BCUT2D eigenvalue weighted by Crippen LogP contribution is 2.24. The van der Waals surface area contributed by atoms with Crippen molar-refractivity contribution in [3.05, 3.63) is 63.4 Å². The zero-order chi connectivity index (χ0) is 18.7. The van der Waals surface area contributed by atoms with E-state index in [1.54, 1.807) is 32.0 Å². The van der Waals surface area contributed by atoms with Crippen molar-refractivity contribution in [1.82, 2.24) is 0 Å². The highest BCUT2D eigenvalue weighted by Gasteiger charge is 2.11. The standard InChI is InChI=1S/C20H17BrO5/c1-12(2)26-19(22)11-24-15-7-8-16-18(9-15)25-10-17(20(16)23)13-3-5-14(21)6-4-13/h3-10,12H,11H2,1-2H3. The van der Waals surface area contributed by atoms with Gasteiger partial charge < -0.3 is 13.9 Å². The van der Waals surface area contributed by atoms with E-state index in [1.807, 2.05) is 24.3 Å². The summed E-state index contributed by atoms with van der Waals surface area (Å²) in [6.45, 7) is 3.34. The van der Waals surface area contributed by atoms with Crippen molar-refractivity contribution in [1.29, 1.82) is 0 Å². The molecule has 0 aliphatic heterocycles. The summed E-state index contributed by atoms with van der Waals surface area (Å²) in [6, 6.07) is 12.3. The molecule has 0 saturated heterocycles. The molecule has 6 heteroatoms. The van der Waals surface area contributed by atoms with Gasteiger partial charge in [-0.15, -0.1) is 0 Å². The second-order valence-corrected chi connectivity index (χ2v) is 6.89. The van der Waals surface area contributed by atoms with E-state index in [9.17, 15) is 9.59 Å². The van der Waals surface area contributed by atoms with Gasteiger partial charge in [-0.05, 0) is 43.7 Å². The molecule has 0 unspecified atom stereocenters. The lowest BCUT2D eigenvalue weighted by atomic mass is 10.1. The third-order valence-corrected chi connectivity index (χ3v) is 4.15. The van der Waals surface area contributed by atoms with Crippen molar-refractivity contribution >= 4 is 32.9 Å². The van der Waals surface area contributed by atoms with Crippen LogP contribution >= 0.6 is 15.9 Å². The lowest BCUT2D eigenvalue weighted by Gasteiger charge is -2.09. The van der Waals surface area contributed by atoms with Gasteiger partial charge in [0.05, 0.1) is 17.1 Å². The molecule has 0 aliphatic rings. The lowest BCUT2D eigenvalue weighted by molar-refractivity contribution is -0.149. The van der Waals surface area contributed by atoms with E-state index in [-0.39, 0.29) is 18.1 Å². The Hall–Kier alpha value is -2.60. The topological polar surface area (TPSA) is 65.7 Å². The molecular weight excluding hydrogens is 400 g/mol. The van der Waals surface area contributed by atoms with Gasteiger partial charge in [-0.3, -0.25) is 4.79 Å². The van der Waals surface area contributed by atoms with E-state index in [4.69, 9.17) is 13.9 Å². The quantitative estimate of drug-likeness (QED) is 0.570. The van der Waals surface area contributed by atoms with E-state index in [0.29, 0.717) is 22.3 Å². The first-order chi connectivity index (χ1) is 12.4. The minimum atomic E-state index is -0.452. The molecule has 0 N–H and O–H groups in total. The average molecular weight is 417 g/mol. The smallest absolute Gasteiger partial charge is 0.344 e. The number of halogens is 1. The van der Waals surface area contributed by atoms with E-state index < -0.39 is 5.97 Å². The fourth-order valence-electron chi connectivity index (χ4n) is 2.47. The SMILES string of the molecule is CC(C)OC(=O)COc1ccc2c(=O)c(-c3ccc(Br)cc3)coc2c1. The van der Waals surface area contributed by atoms with Crippen LogP contribution in [-0.4, -0.2) is 18.7 Å². The monoisotopic (exact) mass is 416 g/mol. The van der Waals surface area contributed by atoms with E-state index in [0.717, 1.165) is 10.0 Å². The van der Waals surface area contributed by atoms with E-state index in [1.165, 1.54) is 6.26 Å². The van der Waals surface area contributed by atoms with E-state index >= 15 is 0 Å². The molecule has 0 amide bonds. The summed E-state index contributed by atoms with van der Waals surface area (Å²) in [5, 5.41) is 0.447. The number of hydrogen-bond acceptors (Lipinski definition) is 5. The first-order valence-electron chi connectivity index (χ1n) is 8.08. The molecule has 1 heterocycles. The Morgan fingerprint density at radius 3 is 2.58 bits per heavy atom. The highest BCUT2D eigenvalue weighted by atomic mass is 79.9. The Bertz CT molecular complexity index is 989. The van der Waals surface area contributed by atoms with Gasteiger partial charge in [-0.25, -0.2) is 4.79 Å². The molecule has 26 heavy (non-hydrogen) atoms. The first kappa shape index (κ1) is 18.2. The third-order valence-electron chi connectivity index (χ3n) is 3.63. The highest BCUT2D eigenvalue weighted by molar-refractivity contribution is 9.10. The Balaban J connectivity index is 1.85. The van der Waals surface area contributed by atoms with Crippen LogP contribution in [0.25, 0.3) is 22.1 Å². The molecule has 0 atom stereocenters. The van der Waals surface area contributed by atoms with Crippen LogP contribution in [0.15, 0.2) is 62.4 Å². The molecule has 1 aromatic heterocycles. The van der Waals surface area contributed by atoms with Crippen LogP contribution in [0.2, 0.25) is 0 Å². The predicted octanol–water partition coefficient (Wildman–Crippen LogP) is 4.55. The summed E-state index contributed by atoms with van der Waals surface area (Å²) in [6.07, 6.45) is 1.24. The summed E-state index contributed by atoms with van der Waals surface area (Å²) >= 11 is 3.37. The van der Waals surface area contributed by atoms with Crippen LogP contribution in [0.5, 0.6) is 5.75 Å². The van der Waals surface area contributed by atoms with Crippen molar-refractivity contribution in [2.45, 2.75) is 20.0 Å². The summed E-state index contributed by atoms with van der Waals surface area (Å²) in [4.78, 5) is 24.3. The van der Waals surface area contributed by atoms with Gasteiger partial charge in [0.2, 0.25) is 0 Å². The number of benzene rings is 2. The predicted molar refractivity (Wildman–Crippen MR) is 102 cm³/mol. The maximum absolute atomic E-state index is 12.7. The lowest BCUT2D eigenvalue weighted by Crippen LogP contribution is -2.18. The first-order valence-corrected chi connectivity index (χ1v) is 8.87. The molecule has 0 fully saturated rings. The number of carbonyl (C=O) groups is 1. The fourth-order valence-corrected chi connectivity index (χ4v) is 2.73. The minimum absolute atomic E-state index is 0.126. The molecule has 0 radical (unpaired) electrons. The Labute approximate surface area is 158 Å². The van der Waals surface area contributed by atoms with Crippen LogP contribution in [0.4, 0.5) is 0 Å². The molecule has 0 aliphatic carbocycles. The van der Waals surface area contributed by atoms with Crippen LogP contribution in [0, 0.1) is 0 Å². The van der Waals surface area contributed by atoms with Crippen molar-refractivity contribution in [2.75, 3.05) is 6.61 Å². The maximum Gasteiger partial charge on any atom is 0.344 e. The Kier molecular flexibility index (Phi) is 5.42. The molecule has 0 saturated carbocycles. The van der Waals surface area contributed by atoms with Gasteiger partial charge >= 0.3 is 5.97 Å². The minimum Gasteiger partial charge on any atom is -0.482 e. The van der Waals surface area contributed by atoms with Gasteiger partial charge in [0.1, 0.15) is 17.6 Å². The average Bonchev–Trinajstić information content (AvgIpc) is 2.61. The third kappa shape index (κ3) is 4.14. The van der Waals surface area contributed by atoms with Crippen LogP contribution < -0.4 is 10.2 Å². The largest absolute Gasteiger partial charge is 0.482 e. The van der Waals surface area contributed by atoms with Crippen LogP contribution in [0.1, 0.15) is 13.8 Å². The molecule has 2 aromatic carbocycles. The van der Waals surface area contributed by atoms with Crippen molar-refractivity contribution in [3.63, 3.8) is 0 Å². The van der Waals surface area contributed by atoms with Gasteiger partial charge in [0.25, 0.3) is 0 Å². The summed E-state index contributed by atoms with van der Waals surface area (Å²) < 4.78 is 17.0. The Morgan fingerprint density at radius 2 is 1.88 bits per heavy atom. The summed E-state index contributed by atoms with van der Waals surface area (Å²) in [5.41, 5.74) is 1.53. The molecular formula is C20H17BrO5. The molecule has 0 spiro atoms. The molecule has 134 valence electrons. The van der Waals surface area contributed by atoms with Crippen molar-refractivity contribution in [3.8, 4) is 16.9 Å².